The second-order valence-corrected chi connectivity index (χ2v) is 15.3. The second kappa shape index (κ2) is 30.0. The smallest absolute Gasteiger partial charge is 0.302 e. The van der Waals surface area contributed by atoms with Crippen LogP contribution in [0.1, 0.15) is 206 Å². The summed E-state index contributed by atoms with van der Waals surface area (Å²) in [4.78, 5) is 9.73. The highest BCUT2D eigenvalue weighted by atomic mass is 31.2. The molecule has 0 unspecified atom stereocenters. The number of phosphoric ester groups is 1. The van der Waals surface area contributed by atoms with Gasteiger partial charge >= 0.3 is 7.82 Å². The van der Waals surface area contributed by atoms with Gasteiger partial charge in [-0.05, 0) is 64.2 Å². The number of hydrogen-bond donors (Lipinski definition) is 1. The van der Waals surface area contributed by atoms with Crippen LogP contribution < -0.4 is 0 Å². The van der Waals surface area contributed by atoms with Crippen molar-refractivity contribution < 1.29 is 18.5 Å². The van der Waals surface area contributed by atoms with Crippen molar-refractivity contribution in [1.29, 1.82) is 0 Å². The molecule has 0 spiro atoms. The van der Waals surface area contributed by atoms with Crippen molar-refractivity contribution in [2.24, 2.45) is 5.41 Å². The molecular weight excluding hydrogens is 563 g/mol. The van der Waals surface area contributed by atoms with Gasteiger partial charge in [-0.1, -0.05) is 167 Å². The fraction of sp³-hybridized carbons (Fsp3) is 0.897. The van der Waals surface area contributed by atoms with Gasteiger partial charge in [0.2, 0.25) is 0 Å². The van der Waals surface area contributed by atoms with Crippen LogP contribution in [0.4, 0.5) is 0 Å². The topological polar surface area (TPSA) is 55.8 Å². The minimum atomic E-state index is -3.83. The predicted molar refractivity (Wildman–Crippen MR) is 192 cm³/mol. The van der Waals surface area contributed by atoms with E-state index < -0.39 is 7.82 Å². The molecule has 260 valence electrons. The third kappa shape index (κ3) is 25.7. The summed E-state index contributed by atoms with van der Waals surface area (Å²) in [6, 6.07) is 0. The molecule has 0 atom stereocenters. The molecule has 1 heterocycles. The van der Waals surface area contributed by atoms with E-state index in [1.54, 1.807) is 0 Å². The fourth-order valence-corrected chi connectivity index (χ4v) is 7.37. The Bertz CT molecular complexity index is 663. The van der Waals surface area contributed by atoms with Gasteiger partial charge in [-0.25, -0.2) is 4.57 Å². The molecule has 1 fully saturated rings. The largest absolute Gasteiger partial charge is 0.472 e. The Morgan fingerprint density at radius 2 is 0.750 bits per heavy atom. The predicted octanol–water partition coefficient (Wildman–Crippen LogP) is 14.0. The van der Waals surface area contributed by atoms with E-state index in [4.69, 9.17) is 9.05 Å². The maximum atomic E-state index is 11.9. The quantitative estimate of drug-likeness (QED) is 0.0452. The van der Waals surface area contributed by atoms with Crippen LogP contribution in [0, 0.1) is 5.41 Å². The number of allylic oxidation sites excluding steroid dienone is 4. The van der Waals surface area contributed by atoms with Crippen LogP contribution in [0.3, 0.4) is 0 Å². The monoisotopic (exact) mass is 639 g/mol. The Hall–Kier alpha value is -0.410. The minimum absolute atomic E-state index is 0.0851. The van der Waals surface area contributed by atoms with Crippen molar-refractivity contribution in [2.75, 3.05) is 13.2 Å². The molecule has 1 N–H and O–H groups in total. The molecule has 0 radical (unpaired) electrons. The minimum Gasteiger partial charge on any atom is -0.302 e. The summed E-state index contributed by atoms with van der Waals surface area (Å²) in [5.41, 5.74) is -0.0851. The summed E-state index contributed by atoms with van der Waals surface area (Å²) in [6.07, 6.45) is 48.4. The molecular formula is C39H75O4P. The average Bonchev–Trinajstić information content (AvgIpc) is 3.02. The van der Waals surface area contributed by atoms with Gasteiger partial charge in [-0.3, -0.25) is 9.05 Å². The van der Waals surface area contributed by atoms with E-state index in [-0.39, 0.29) is 5.41 Å². The normalized spacial score (nSPS) is 16.4. The molecule has 5 heteroatoms. The zero-order valence-corrected chi connectivity index (χ0v) is 30.5. The lowest BCUT2D eigenvalue weighted by Crippen LogP contribution is -2.35. The van der Waals surface area contributed by atoms with E-state index in [2.05, 4.69) is 38.2 Å². The lowest BCUT2D eigenvalue weighted by molar-refractivity contribution is -0.0187. The highest BCUT2D eigenvalue weighted by Gasteiger charge is 2.40. The van der Waals surface area contributed by atoms with E-state index in [0.717, 1.165) is 25.7 Å². The van der Waals surface area contributed by atoms with Crippen LogP contribution in [0.2, 0.25) is 0 Å². The molecule has 0 saturated carbocycles. The standard InChI is InChI=1S/C39H75O4P/c1-3-5-7-9-11-13-15-17-19-21-23-25-27-29-31-33-35-39(37-42-44(40,41)43-38-39)36-34-32-30-28-26-24-22-20-18-16-14-12-10-8-6-4-2/h17-20H,3-16,21-38H2,1-2H3,(H,40,41)/b19-17-,20-18-. The average molecular weight is 639 g/mol. The molecule has 0 aromatic rings. The van der Waals surface area contributed by atoms with E-state index in [1.165, 1.54) is 167 Å². The Morgan fingerprint density at radius 3 is 1.07 bits per heavy atom. The zero-order chi connectivity index (χ0) is 31.9. The van der Waals surface area contributed by atoms with Crippen LogP contribution in [-0.4, -0.2) is 18.1 Å². The van der Waals surface area contributed by atoms with Crippen LogP contribution in [-0.2, 0) is 13.6 Å². The Kier molecular flexibility index (Phi) is 28.3. The highest BCUT2D eigenvalue weighted by Crippen LogP contribution is 2.52. The van der Waals surface area contributed by atoms with E-state index in [9.17, 15) is 9.46 Å². The summed E-state index contributed by atoms with van der Waals surface area (Å²) in [7, 11) is -3.83. The summed E-state index contributed by atoms with van der Waals surface area (Å²) in [6.45, 7) is 5.30. The summed E-state index contributed by atoms with van der Waals surface area (Å²) < 4.78 is 22.5. The first kappa shape index (κ1) is 41.6. The molecule has 1 aliphatic rings. The van der Waals surface area contributed by atoms with Gasteiger partial charge in [0.1, 0.15) is 0 Å². The Morgan fingerprint density at radius 1 is 0.477 bits per heavy atom. The molecule has 0 aromatic carbocycles. The van der Waals surface area contributed by atoms with Crippen molar-refractivity contribution in [3.05, 3.63) is 24.3 Å². The summed E-state index contributed by atoms with van der Waals surface area (Å²) in [5.74, 6) is 0. The molecule has 1 rings (SSSR count). The maximum Gasteiger partial charge on any atom is 0.472 e. The molecule has 0 aliphatic carbocycles. The lowest BCUT2D eigenvalue weighted by atomic mass is 9.79. The van der Waals surface area contributed by atoms with Crippen molar-refractivity contribution in [3.8, 4) is 0 Å². The third-order valence-corrected chi connectivity index (χ3v) is 10.4. The fourth-order valence-electron chi connectivity index (χ4n) is 6.42. The van der Waals surface area contributed by atoms with E-state index in [0.29, 0.717) is 13.2 Å². The third-order valence-electron chi connectivity index (χ3n) is 9.51. The van der Waals surface area contributed by atoms with Gasteiger partial charge in [0, 0.05) is 5.41 Å². The van der Waals surface area contributed by atoms with Crippen LogP contribution in [0.25, 0.3) is 0 Å². The summed E-state index contributed by atoms with van der Waals surface area (Å²) in [5, 5.41) is 0. The van der Waals surface area contributed by atoms with Gasteiger partial charge in [-0.15, -0.1) is 0 Å². The number of rotatable bonds is 32. The van der Waals surface area contributed by atoms with Crippen molar-refractivity contribution >= 4 is 7.82 Å². The molecule has 4 nitrogen and oxygen atoms in total. The highest BCUT2D eigenvalue weighted by molar-refractivity contribution is 7.47. The molecule has 0 amide bonds. The van der Waals surface area contributed by atoms with Gasteiger partial charge < -0.3 is 4.89 Å². The SMILES string of the molecule is CCCCCCCC/C=C\CCCCCCCCC1(CCCCCCCC/C=C\CCCCCCCC)COP(=O)(O)OC1. The van der Waals surface area contributed by atoms with Crippen LogP contribution in [0.5, 0.6) is 0 Å². The molecule has 1 saturated heterocycles. The van der Waals surface area contributed by atoms with Gasteiger partial charge in [0.15, 0.2) is 0 Å². The van der Waals surface area contributed by atoms with Crippen LogP contribution >= 0.6 is 7.82 Å². The van der Waals surface area contributed by atoms with Gasteiger partial charge in [0.05, 0.1) is 13.2 Å². The van der Waals surface area contributed by atoms with Crippen molar-refractivity contribution in [3.63, 3.8) is 0 Å². The maximum absolute atomic E-state index is 11.9. The number of hydrogen-bond acceptors (Lipinski definition) is 3. The number of unbranched alkanes of at least 4 members (excludes halogenated alkanes) is 24. The van der Waals surface area contributed by atoms with Gasteiger partial charge in [0.25, 0.3) is 0 Å². The van der Waals surface area contributed by atoms with Crippen molar-refractivity contribution in [2.45, 2.75) is 206 Å². The van der Waals surface area contributed by atoms with Gasteiger partial charge in [-0.2, -0.15) is 0 Å². The first-order valence-corrected chi connectivity index (χ1v) is 20.9. The molecule has 44 heavy (non-hydrogen) atoms. The lowest BCUT2D eigenvalue weighted by Gasteiger charge is -2.38. The number of phosphoric acid groups is 1. The molecule has 0 bridgehead atoms. The second-order valence-electron chi connectivity index (χ2n) is 13.9. The van der Waals surface area contributed by atoms with E-state index >= 15 is 0 Å². The Balaban J connectivity index is 2.06. The first-order valence-electron chi connectivity index (χ1n) is 19.5. The van der Waals surface area contributed by atoms with Crippen molar-refractivity contribution in [1.82, 2.24) is 0 Å². The van der Waals surface area contributed by atoms with E-state index in [1.807, 2.05) is 0 Å². The molecule has 0 aromatic heterocycles. The summed E-state index contributed by atoms with van der Waals surface area (Å²) >= 11 is 0. The van der Waals surface area contributed by atoms with Crippen LogP contribution in [0.15, 0.2) is 24.3 Å². The molecule has 1 aliphatic heterocycles. The zero-order valence-electron chi connectivity index (χ0n) is 29.6. The Labute approximate surface area is 275 Å². The first-order chi connectivity index (χ1) is 21.5.